The fourth-order valence-electron chi connectivity index (χ4n) is 27.4. The van der Waals surface area contributed by atoms with E-state index >= 15 is 0 Å². The van der Waals surface area contributed by atoms with Crippen LogP contribution in [0.25, 0.3) is 166 Å². The summed E-state index contributed by atoms with van der Waals surface area (Å²) in [5.41, 5.74) is 50.4. The first-order chi connectivity index (χ1) is 73.0. The molecule has 40 rings (SSSR count). The quantitative estimate of drug-likeness (QED) is 0.105. The number of nitrogens with zero attached hydrogens (tertiary/aromatic N) is 10. The van der Waals surface area contributed by atoms with Gasteiger partial charge in [0.15, 0.2) is 63.7 Å². The third-order valence-corrected chi connectivity index (χ3v) is 33.3. The molecule has 148 heavy (non-hydrogen) atoms. The van der Waals surface area contributed by atoms with Gasteiger partial charge in [0.25, 0.3) is 0 Å². The molecule has 0 bridgehead atoms. The Morgan fingerprint density at radius 1 is 0.196 bits per heavy atom. The second kappa shape index (κ2) is 28.1. The molecule has 25 aromatic rings. The van der Waals surface area contributed by atoms with Gasteiger partial charge in [-0.05, 0) is 124 Å². The maximum absolute atomic E-state index is 6.63. The zero-order valence-corrected chi connectivity index (χ0v) is 79.9. The Kier molecular flexibility index (Phi) is 15.0. The maximum Gasteiger partial charge on any atom is 0.525 e. The van der Waals surface area contributed by atoms with Crippen molar-refractivity contribution >= 4 is 229 Å². The summed E-state index contributed by atoms with van der Waals surface area (Å²) in [7, 11) is -0.712. The summed E-state index contributed by atoms with van der Waals surface area (Å²) < 4.78 is 75.6. The Morgan fingerprint density at radius 2 is 0.493 bits per heavy atom. The van der Waals surface area contributed by atoms with Crippen molar-refractivity contribution in [2.45, 2.75) is 53.5 Å². The topological polar surface area (TPSA) is 147 Å². The van der Waals surface area contributed by atoms with E-state index in [1.54, 1.807) is 0 Å². The number of fused-ring (bicyclic) bond motifs is 40. The van der Waals surface area contributed by atoms with Crippen molar-refractivity contribution in [2.75, 3.05) is 24.1 Å². The lowest BCUT2D eigenvalue weighted by Gasteiger charge is -2.27. The summed E-state index contributed by atoms with van der Waals surface area (Å²) in [6.45, 7) is 11.0. The number of aromatic nitrogens is 5. The van der Waals surface area contributed by atoms with Gasteiger partial charge in [-0.3, -0.25) is 0 Å². The van der Waals surface area contributed by atoms with Gasteiger partial charge in [-0.25, -0.2) is 0 Å². The van der Waals surface area contributed by atoms with Crippen molar-refractivity contribution in [2.24, 2.45) is 0 Å². The summed E-state index contributed by atoms with van der Waals surface area (Å²) in [5, 5.41) is 11.2. The smallest absolute Gasteiger partial charge is 0.525 e. The van der Waals surface area contributed by atoms with Crippen LogP contribution in [0, 0.1) is 20.8 Å². The molecule has 0 atom stereocenters. The van der Waals surface area contributed by atoms with Crippen molar-refractivity contribution in [1.29, 1.82) is 0 Å². The zero-order chi connectivity index (χ0) is 96.1. The van der Waals surface area contributed by atoms with E-state index in [4.69, 9.17) is 45.4 Å². The second-order valence-electron chi connectivity index (χ2n) is 41.5. The van der Waals surface area contributed by atoms with E-state index in [1.165, 1.54) is 157 Å². The van der Waals surface area contributed by atoms with Crippen molar-refractivity contribution in [1.82, 2.24) is 0 Å². The molecular formula is C123H76B5N10O10+5. The van der Waals surface area contributed by atoms with Gasteiger partial charge in [0.2, 0.25) is 28.5 Å². The highest BCUT2D eigenvalue weighted by Crippen LogP contribution is 2.59. The van der Waals surface area contributed by atoms with Crippen molar-refractivity contribution in [3.8, 4) is 85.0 Å². The molecule has 0 spiro atoms. The fraction of sp³-hybridized carbons (Fsp3) is 0.0650. The third-order valence-electron chi connectivity index (χ3n) is 33.3. The third kappa shape index (κ3) is 10.4. The monoisotopic (exact) mass is 1910 g/mol. The molecule has 0 saturated carbocycles. The van der Waals surface area contributed by atoms with Crippen LogP contribution in [0.15, 0.2) is 369 Å². The van der Waals surface area contributed by atoms with Gasteiger partial charge in [0.1, 0.15) is 113 Å². The number of anilines is 10. The lowest BCUT2D eigenvalue weighted by molar-refractivity contribution is -0.672. The molecule has 15 aliphatic heterocycles. The molecule has 0 unspecified atom stereocenters. The van der Waals surface area contributed by atoms with Crippen LogP contribution in [0.4, 0.5) is 56.9 Å². The van der Waals surface area contributed by atoms with Crippen molar-refractivity contribution in [3.63, 3.8) is 0 Å². The standard InChI is InChI=1S/3C25H16BN2O2.2C24H14BN2O2/c1-14-7-8-21-16(10-14)17-11-23-20(12-22(17)29-21)28-19-6-3-9-27-13-15-4-2-5-18(26(28)30-23)24(15)25(19)27;1-14-9-20-25-24-15(13-27(25)12-14)5-4-7-18(24)26-28(20)19-11-22-17(10-23(19)30-26)16-6-2-3-8-21(16)29-22;1-14-9-15-13-27-8-4-6-19-25(27)24(15)18(10-14)26-28(19)20-12-22-17(11-23(20)30-26)16-5-2-3-7-21(16)29-22;1-2-9-20-15(6-1)16-11-22-19(12-21(16)28-20)27-18-8-4-10-26-13-14-5-3-7-17(25(27)29-22)23(14)24(18)26;1-2-9-20-15(6-1)16-11-19-22(12-21(16)28-20)29-25-17-7-3-5-14-13-26-10-4-8-18(27(19)25)24(26)23(14)17/h3*2-12H,13H2,1H3;2*1-12H,13H2/q5*+1. The number of hydrogen-bond donors (Lipinski definition) is 0. The van der Waals surface area contributed by atoms with E-state index in [1.807, 2.05) is 54.6 Å². The van der Waals surface area contributed by atoms with Crippen LogP contribution in [-0.2, 0) is 32.7 Å². The normalized spacial score (nSPS) is 14.9. The number of aryl methyl sites for hydroxylation is 3. The van der Waals surface area contributed by atoms with Crippen LogP contribution >= 0.6 is 0 Å². The number of benzene rings is 15. The highest BCUT2D eigenvalue weighted by molar-refractivity contribution is 6.80. The van der Waals surface area contributed by atoms with E-state index in [0.717, 1.165) is 200 Å². The van der Waals surface area contributed by atoms with Crippen LogP contribution in [0.5, 0.6) is 28.7 Å². The van der Waals surface area contributed by atoms with Gasteiger partial charge in [-0.2, -0.15) is 22.8 Å². The minimum atomic E-state index is -0.145. The van der Waals surface area contributed by atoms with E-state index in [2.05, 4.69) is 359 Å². The number of hydrogen-bond acceptors (Lipinski definition) is 15. The van der Waals surface area contributed by atoms with Crippen LogP contribution < -0.4 is 97.5 Å². The maximum atomic E-state index is 6.63. The first kappa shape index (κ1) is 78.9. The minimum Gasteiger partial charge on any atom is -0.536 e. The zero-order valence-electron chi connectivity index (χ0n) is 79.9. The molecule has 20 nitrogen and oxygen atoms in total. The molecule has 0 amide bonds. The van der Waals surface area contributed by atoms with Crippen LogP contribution in [-0.4, -0.2) is 35.3 Å². The number of para-hydroxylation sites is 4. The Hall–Kier alpha value is -18.6. The van der Waals surface area contributed by atoms with Gasteiger partial charge in [0, 0.05) is 169 Å². The van der Waals surface area contributed by atoms with Gasteiger partial charge < -0.3 is 69.4 Å². The number of rotatable bonds is 0. The van der Waals surface area contributed by atoms with Crippen LogP contribution in [0.3, 0.4) is 0 Å². The Bertz CT molecular complexity index is 10500. The van der Waals surface area contributed by atoms with Gasteiger partial charge in [0.05, 0.1) is 56.3 Å². The van der Waals surface area contributed by atoms with Crippen molar-refractivity contribution in [3.05, 3.63) is 391 Å². The summed E-state index contributed by atoms with van der Waals surface area (Å²) in [6, 6.07) is 111. The Balaban J connectivity index is 0.0000000765. The molecule has 0 aliphatic carbocycles. The van der Waals surface area contributed by atoms with E-state index in [9.17, 15) is 0 Å². The van der Waals surface area contributed by atoms with Crippen molar-refractivity contribution < 1.29 is 68.2 Å². The predicted octanol–water partition coefficient (Wildman–Crippen LogP) is 21.6. The highest BCUT2D eigenvalue weighted by atomic mass is 16.5. The number of pyridine rings is 5. The number of furan rings is 5. The van der Waals surface area contributed by atoms with Gasteiger partial charge >= 0.3 is 35.3 Å². The SMILES string of the molecule is Cc1cc2c3[n+](c1)Cc1cccc(c1-3)B1Oc3cc4c(cc3N12)oc1ccccc14.Cc1cc2c3c(c1)B1Oc4cc5c(cc4N1c1ccc[n+](c1-3)C2)oc1ccccc15.Cc1ccc2oc3cc4c(cc3c2c1)OB1c2cccc3c2-c2c(ccc[n+]2C3)N14.c1cc2c3c(c1)B1Oc4cc5c(cc4N1c1ccc[n+](c1-3)C2)oc1ccccc15.c1cc2c3c(c1)B1Oc4cc5oc6ccccc6c5cc4N1c1ccc[n+](c1-3)C2. The molecule has 0 N–H and O–H groups in total. The van der Waals surface area contributed by atoms with Crippen LogP contribution in [0.2, 0.25) is 0 Å². The largest absolute Gasteiger partial charge is 0.536 e. The molecule has 25 heterocycles. The molecule has 0 saturated heterocycles. The lowest BCUT2D eigenvalue weighted by Crippen LogP contribution is -2.51. The van der Waals surface area contributed by atoms with E-state index in [-0.39, 0.29) is 35.3 Å². The fourth-order valence-corrected chi connectivity index (χ4v) is 27.4. The summed E-state index contributed by atoms with van der Waals surface area (Å²) in [6.07, 6.45) is 10.9. The average molecular weight is 1910 g/mol. The summed E-state index contributed by atoms with van der Waals surface area (Å²) >= 11 is 0. The second-order valence-corrected chi connectivity index (χ2v) is 41.5. The van der Waals surface area contributed by atoms with Gasteiger partial charge in [-0.15, -0.1) is 0 Å². The highest BCUT2D eigenvalue weighted by Gasteiger charge is 2.58. The molecule has 15 aromatic carbocycles. The predicted molar refractivity (Wildman–Crippen MR) is 579 cm³/mol. The van der Waals surface area contributed by atoms with Crippen LogP contribution in [0.1, 0.15) is 44.5 Å². The van der Waals surface area contributed by atoms with Gasteiger partial charge in [-0.1, -0.05) is 169 Å². The van der Waals surface area contributed by atoms with E-state index in [0.29, 0.717) is 0 Å². The molecule has 0 radical (unpaired) electrons. The summed E-state index contributed by atoms with van der Waals surface area (Å²) in [4.78, 5) is 11.7. The first-order valence-corrected chi connectivity index (χ1v) is 50.9. The molecule has 0 fully saturated rings. The molecule has 10 aromatic heterocycles. The average Bonchev–Trinajstić information content (AvgIpc) is 1.55. The molecule has 688 valence electrons. The summed E-state index contributed by atoms with van der Waals surface area (Å²) in [5.74, 6) is 4.53. The molecule has 25 heteroatoms. The Labute approximate surface area is 845 Å². The lowest BCUT2D eigenvalue weighted by atomic mass is 9.65. The molecular weight excluding hydrogens is 1830 g/mol. The molecule has 15 aliphatic rings. The Morgan fingerprint density at radius 3 is 0.885 bits per heavy atom. The van der Waals surface area contributed by atoms with E-state index < -0.39 is 0 Å². The first-order valence-electron chi connectivity index (χ1n) is 50.9. The minimum absolute atomic E-state index is 0.140.